The van der Waals surface area contributed by atoms with Gasteiger partial charge in [0, 0.05) is 47.9 Å². The van der Waals surface area contributed by atoms with Crippen LogP contribution >= 0.6 is 11.6 Å². The zero-order chi connectivity index (χ0) is 33.6. The van der Waals surface area contributed by atoms with Gasteiger partial charge in [0.25, 0.3) is 0 Å². The standard InChI is InChI=1S/C36H44ClF2N5O2/c1-6-32(45)42-18-24(5)43(19-23(42)4)36-29-17-30(37)33(28-10-9-26(38)16-31(28)39)35-34(29)44(21-40-36)27(20-46-35)8-7-13-41-14-11-25(12-15-41)22(2)3/h6,9-10,16-17,23-25,27H,1-2,7-8,11-15,18-21H2,3-5H3/t23-,24+,27-/m1/s1/i21D/t21?,23-,24+,27-. The Morgan fingerprint density at radius 1 is 1.15 bits per heavy atom. The summed E-state index contributed by atoms with van der Waals surface area (Å²) in [6.07, 6.45) is 5.32. The van der Waals surface area contributed by atoms with Crippen molar-refractivity contribution in [1.29, 1.82) is 0 Å². The van der Waals surface area contributed by atoms with Crippen molar-refractivity contribution in [2.45, 2.75) is 64.6 Å². The Morgan fingerprint density at radius 3 is 2.61 bits per heavy atom. The third kappa shape index (κ3) is 6.16. The van der Waals surface area contributed by atoms with E-state index in [0.717, 1.165) is 51.4 Å². The van der Waals surface area contributed by atoms with Crippen LogP contribution in [0, 0.1) is 17.6 Å². The average molecular weight is 653 g/mol. The molecule has 0 bridgehead atoms. The van der Waals surface area contributed by atoms with Gasteiger partial charge in [-0.05, 0) is 96.3 Å². The van der Waals surface area contributed by atoms with Crippen LogP contribution in [-0.2, 0) is 4.79 Å². The highest BCUT2D eigenvalue weighted by Gasteiger charge is 2.41. The second-order valence-corrected chi connectivity index (χ2v) is 13.6. The molecule has 2 aromatic carbocycles. The van der Waals surface area contributed by atoms with Gasteiger partial charge in [0.2, 0.25) is 5.91 Å². The Kier molecular flexibility index (Phi) is 9.06. The summed E-state index contributed by atoms with van der Waals surface area (Å²) in [4.78, 5) is 25.9. The summed E-state index contributed by atoms with van der Waals surface area (Å²) in [5.41, 5.74) is 3.09. The van der Waals surface area contributed by atoms with Crippen LogP contribution in [0.25, 0.3) is 11.1 Å². The van der Waals surface area contributed by atoms with Crippen LogP contribution < -0.4 is 9.64 Å². The van der Waals surface area contributed by atoms with Crippen LogP contribution in [0.3, 0.4) is 0 Å². The number of piperidine rings is 1. The monoisotopic (exact) mass is 652 g/mol. The number of allylic oxidation sites excluding steroid dienone is 1. The molecule has 4 aliphatic heterocycles. The van der Waals surface area contributed by atoms with Gasteiger partial charge in [-0.15, -0.1) is 0 Å². The van der Waals surface area contributed by atoms with Gasteiger partial charge in [0.05, 0.1) is 18.1 Å². The average Bonchev–Trinajstić information content (AvgIpc) is 3.04. The molecule has 0 aliphatic carbocycles. The molecule has 10 heteroatoms. The highest BCUT2D eigenvalue weighted by molar-refractivity contribution is 6.35. The quantitative estimate of drug-likeness (QED) is 0.245. The van der Waals surface area contributed by atoms with E-state index in [9.17, 15) is 10.6 Å². The maximum absolute atomic E-state index is 15.3. The van der Waals surface area contributed by atoms with Crippen LogP contribution in [0.2, 0.25) is 5.02 Å². The Labute approximate surface area is 277 Å². The van der Waals surface area contributed by atoms with Crippen molar-refractivity contribution in [1.82, 2.24) is 14.7 Å². The number of amidine groups is 1. The molecule has 4 heterocycles. The summed E-state index contributed by atoms with van der Waals surface area (Å²) in [5, 5.41) is 0.248. The number of nitrogens with zero attached hydrogens (tertiary/aromatic N) is 5. The lowest BCUT2D eigenvalue weighted by molar-refractivity contribution is -0.130. The van der Waals surface area contributed by atoms with Crippen LogP contribution in [-0.4, -0.2) is 90.5 Å². The molecule has 6 rings (SSSR count). The number of rotatable bonds is 7. The van der Waals surface area contributed by atoms with Crippen molar-refractivity contribution < 1.29 is 19.7 Å². The Balaban J connectivity index is 1.34. The van der Waals surface area contributed by atoms with Crippen molar-refractivity contribution in [3.63, 3.8) is 0 Å². The first kappa shape index (κ1) is 31.2. The lowest BCUT2D eigenvalue weighted by atomic mass is 9.91. The second-order valence-electron chi connectivity index (χ2n) is 13.2. The molecule has 2 aromatic rings. The van der Waals surface area contributed by atoms with Gasteiger partial charge in [0.15, 0.2) is 5.75 Å². The van der Waals surface area contributed by atoms with E-state index in [4.69, 9.17) is 21.3 Å². The first-order chi connectivity index (χ1) is 22.5. The number of benzene rings is 2. The fourth-order valence-corrected chi connectivity index (χ4v) is 7.70. The number of anilines is 1. The van der Waals surface area contributed by atoms with Crippen molar-refractivity contribution in [3.05, 3.63) is 71.3 Å². The van der Waals surface area contributed by atoms with E-state index < -0.39 is 18.3 Å². The lowest BCUT2D eigenvalue weighted by Crippen LogP contribution is -2.60. The Bertz CT molecular complexity index is 1600. The van der Waals surface area contributed by atoms with E-state index in [1.807, 2.05) is 18.7 Å². The minimum atomic E-state index is -0.973. The molecule has 0 radical (unpaired) electrons. The highest BCUT2D eigenvalue weighted by atomic mass is 35.5. The van der Waals surface area contributed by atoms with Crippen LogP contribution in [0.5, 0.6) is 5.75 Å². The molecule has 4 aliphatic rings. The smallest absolute Gasteiger partial charge is 0.246 e. The van der Waals surface area contributed by atoms with Crippen LogP contribution in [0.1, 0.15) is 53.4 Å². The summed E-state index contributed by atoms with van der Waals surface area (Å²) in [6, 6.07) is 4.83. The fraction of sp³-hybridized carbons (Fsp3) is 0.500. The Morgan fingerprint density at radius 2 is 1.91 bits per heavy atom. The van der Waals surface area contributed by atoms with Crippen molar-refractivity contribution in [3.8, 4) is 16.9 Å². The largest absolute Gasteiger partial charge is 0.489 e. The van der Waals surface area contributed by atoms with E-state index in [0.29, 0.717) is 47.4 Å². The van der Waals surface area contributed by atoms with Gasteiger partial charge < -0.3 is 24.3 Å². The molecular weight excluding hydrogens is 608 g/mol. The van der Waals surface area contributed by atoms with Crippen molar-refractivity contribution in [2.24, 2.45) is 10.9 Å². The van der Waals surface area contributed by atoms with Gasteiger partial charge >= 0.3 is 0 Å². The van der Waals surface area contributed by atoms with Gasteiger partial charge in [-0.2, -0.15) is 0 Å². The number of carbonyl (C=O) groups is 1. The SMILES string of the molecule is [2H]C1N=C(N2C[C@@H](C)N(C(=O)C=C)C[C@@H]2C)c2cc(Cl)c(-c3ccc(F)cc3F)c3c2N1[C@H](CCCN1CCC(C(=C)C)CC1)CO3. The van der Waals surface area contributed by atoms with Gasteiger partial charge in [-0.3, -0.25) is 4.79 Å². The van der Waals surface area contributed by atoms with Gasteiger partial charge in [-0.25, -0.2) is 13.8 Å². The molecule has 46 heavy (non-hydrogen) atoms. The molecule has 0 aromatic heterocycles. The number of likely N-dealkylation sites (tertiary alicyclic amines) is 1. The number of piperazine rings is 1. The minimum Gasteiger partial charge on any atom is -0.489 e. The number of hydrogen-bond acceptors (Lipinski definition) is 6. The highest BCUT2D eigenvalue weighted by Crippen LogP contribution is 2.50. The van der Waals surface area contributed by atoms with Crippen molar-refractivity contribution in [2.75, 3.05) is 50.9 Å². The summed E-state index contributed by atoms with van der Waals surface area (Å²) in [6.45, 7) is 17.3. The lowest BCUT2D eigenvalue weighted by Gasteiger charge is -2.48. The number of aliphatic imine (C=N–C) groups is 1. The van der Waals surface area contributed by atoms with Crippen molar-refractivity contribution >= 4 is 29.0 Å². The molecule has 0 N–H and O–H groups in total. The number of hydrogen-bond donors (Lipinski definition) is 0. The molecule has 1 unspecified atom stereocenters. The number of amides is 1. The molecule has 0 spiro atoms. The number of ether oxygens (including phenoxy) is 1. The molecule has 246 valence electrons. The molecule has 0 saturated carbocycles. The molecule has 1 amide bonds. The summed E-state index contributed by atoms with van der Waals surface area (Å²) < 4.78 is 45.0. The number of carbonyl (C=O) groups excluding carboxylic acids is 1. The third-order valence-electron chi connectivity index (χ3n) is 10.0. The zero-order valence-electron chi connectivity index (χ0n) is 27.9. The van der Waals surface area contributed by atoms with Crippen LogP contribution in [0.4, 0.5) is 14.5 Å². The maximum atomic E-state index is 15.3. The van der Waals surface area contributed by atoms with E-state index in [2.05, 4.69) is 29.9 Å². The summed E-state index contributed by atoms with van der Waals surface area (Å²) >= 11 is 6.93. The predicted molar refractivity (Wildman–Crippen MR) is 181 cm³/mol. The van der Waals surface area contributed by atoms with Crippen LogP contribution in [0.15, 0.2) is 54.1 Å². The normalized spacial score (nSPS) is 25.4. The first-order valence-electron chi connectivity index (χ1n) is 16.9. The van der Waals surface area contributed by atoms with E-state index in [1.165, 1.54) is 23.8 Å². The summed E-state index contributed by atoms with van der Waals surface area (Å²) in [7, 11) is 0. The maximum Gasteiger partial charge on any atom is 0.246 e. The van der Waals surface area contributed by atoms with E-state index >= 15 is 4.39 Å². The van der Waals surface area contributed by atoms with Gasteiger partial charge in [-0.1, -0.05) is 30.3 Å². The predicted octanol–water partition coefficient (Wildman–Crippen LogP) is 6.75. The second kappa shape index (κ2) is 13.4. The van der Waals surface area contributed by atoms with Gasteiger partial charge in [0.1, 0.15) is 30.7 Å². The fourth-order valence-electron chi connectivity index (χ4n) is 7.40. The van der Waals surface area contributed by atoms with E-state index in [-0.39, 0.29) is 41.2 Å². The first-order valence-corrected chi connectivity index (χ1v) is 16.7. The molecule has 2 fully saturated rings. The summed E-state index contributed by atoms with van der Waals surface area (Å²) in [5.74, 6) is 0.0241. The molecule has 7 nitrogen and oxygen atoms in total. The molecule has 2 saturated heterocycles. The minimum absolute atomic E-state index is 0.106. The topological polar surface area (TPSA) is 51.6 Å². The number of halogens is 3. The molecular formula is C36H44ClF2N5O2. The third-order valence-corrected chi connectivity index (χ3v) is 10.3. The molecule has 4 atom stereocenters. The zero-order valence-corrected chi connectivity index (χ0v) is 27.7. The van der Waals surface area contributed by atoms with E-state index in [1.54, 1.807) is 11.0 Å². The Hall–Kier alpha value is -3.43.